The van der Waals surface area contributed by atoms with Crippen molar-refractivity contribution in [2.45, 2.75) is 12.5 Å². The van der Waals surface area contributed by atoms with Gasteiger partial charge < -0.3 is 4.74 Å². The van der Waals surface area contributed by atoms with Crippen LogP contribution in [0.2, 0.25) is 6.04 Å². The van der Waals surface area contributed by atoms with Crippen LogP contribution in [0.3, 0.4) is 0 Å². The fourth-order valence-electron chi connectivity index (χ4n) is 0.850. The van der Waals surface area contributed by atoms with Crippen molar-refractivity contribution in [2.75, 3.05) is 6.61 Å². The third-order valence-electron chi connectivity index (χ3n) is 1.49. The largest absolute Gasteiger partial charge is 0.492 e. The third-order valence-corrected chi connectivity index (χ3v) is 2.90. The van der Waals surface area contributed by atoms with E-state index in [9.17, 15) is 4.39 Å². The van der Waals surface area contributed by atoms with E-state index in [1.807, 2.05) is 22.6 Å². The van der Waals surface area contributed by atoms with Gasteiger partial charge in [0.1, 0.15) is 11.6 Å². The molecule has 1 aromatic carbocycles. The van der Waals surface area contributed by atoms with Crippen LogP contribution >= 0.6 is 22.6 Å². The number of ether oxygens (including phenoxy) is 1. The molecule has 0 N–H and O–H groups in total. The summed E-state index contributed by atoms with van der Waals surface area (Å²) in [6, 6.07) is 5.75. The summed E-state index contributed by atoms with van der Waals surface area (Å²) < 4.78 is 18.9. The third kappa shape index (κ3) is 3.26. The molecule has 0 unspecified atom stereocenters. The Bertz CT molecular complexity index is 280. The van der Waals surface area contributed by atoms with Crippen molar-refractivity contribution in [3.05, 3.63) is 27.6 Å². The molecule has 0 bridgehead atoms. The van der Waals surface area contributed by atoms with Crippen molar-refractivity contribution < 1.29 is 9.13 Å². The fourth-order valence-corrected chi connectivity index (χ4v) is 1.51. The summed E-state index contributed by atoms with van der Waals surface area (Å²) >= 11 is 1.94. The lowest BCUT2D eigenvalue weighted by Gasteiger charge is -2.07. The van der Waals surface area contributed by atoms with Crippen molar-refractivity contribution in [1.29, 1.82) is 0 Å². The van der Waals surface area contributed by atoms with E-state index in [1.54, 1.807) is 12.1 Å². The highest BCUT2D eigenvalue weighted by molar-refractivity contribution is 14.1. The standard InChI is InChI=1S/C9H9FIOSi/c10-7-3-1-4-8(9(7)11)12-5-2-6-13/h1,3-4H,2,5-6H2. The van der Waals surface area contributed by atoms with Crippen LogP contribution in [0.5, 0.6) is 5.75 Å². The van der Waals surface area contributed by atoms with Gasteiger partial charge in [-0.2, -0.15) is 0 Å². The molecule has 0 fully saturated rings. The first-order valence-electron chi connectivity index (χ1n) is 3.97. The predicted molar refractivity (Wildman–Crippen MR) is 59.8 cm³/mol. The minimum Gasteiger partial charge on any atom is -0.492 e. The topological polar surface area (TPSA) is 9.23 Å². The predicted octanol–water partition coefficient (Wildman–Crippen LogP) is 2.79. The van der Waals surface area contributed by atoms with Gasteiger partial charge in [-0.25, -0.2) is 4.39 Å². The van der Waals surface area contributed by atoms with E-state index >= 15 is 0 Å². The number of rotatable bonds is 4. The Labute approximate surface area is 94.2 Å². The van der Waals surface area contributed by atoms with E-state index in [0.29, 0.717) is 15.9 Å². The summed E-state index contributed by atoms with van der Waals surface area (Å²) in [5, 5.41) is 0. The Morgan fingerprint density at radius 2 is 2.23 bits per heavy atom. The first-order chi connectivity index (χ1) is 6.25. The average molecular weight is 307 g/mol. The molecule has 3 radical (unpaired) electrons. The molecule has 1 rings (SSSR count). The summed E-state index contributed by atoms with van der Waals surface area (Å²) in [4.78, 5) is 0. The molecule has 0 amide bonds. The molecule has 0 aliphatic heterocycles. The van der Waals surface area contributed by atoms with E-state index in [-0.39, 0.29) is 5.82 Å². The molecule has 13 heavy (non-hydrogen) atoms. The van der Waals surface area contributed by atoms with Crippen LogP contribution in [0.1, 0.15) is 6.42 Å². The number of benzene rings is 1. The maximum atomic E-state index is 13.0. The number of hydrogen-bond donors (Lipinski definition) is 0. The van der Waals surface area contributed by atoms with E-state index < -0.39 is 0 Å². The molecule has 0 aliphatic rings. The van der Waals surface area contributed by atoms with Crippen LogP contribution < -0.4 is 4.74 Å². The van der Waals surface area contributed by atoms with Gasteiger partial charge in [-0.1, -0.05) is 12.1 Å². The molecular formula is C9H9FIOSi. The molecule has 0 spiro atoms. The van der Waals surface area contributed by atoms with Gasteiger partial charge in [-0.05, 0) is 41.1 Å². The second-order valence-corrected chi connectivity index (χ2v) is 4.08. The van der Waals surface area contributed by atoms with Crippen LogP contribution in [-0.4, -0.2) is 16.8 Å². The quantitative estimate of drug-likeness (QED) is 0.472. The molecule has 0 saturated carbocycles. The second-order valence-electron chi connectivity index (χ2n) is 2.50. The summed E-state index contributed by atoms with van der Waals surface area (Å²) in [5.74, 6) is 0.400. The Morgan fingerprint density at radius 1 is 1.46 bits per heavy atom. The van der Waals surface area contributed by atoms with Gasteiger partial charge >= 0.3 is 0 Å². The molecule has 1 aromatic rings. The monoisotopic (exact) mass is 307 g/mol. The molecular weight excluding hydrogens is 298 g/mol. The van der Waals surface area contributed by atoms with Gasteiger partial charge in [-0.15, -0.1) is 0 Å². The smallest absolute Gasteiger partial charge is 0.140 e. The zero-order valence-electron chi connectivity index (χ0n) is 7.02. The van der Waals surface area contributed by atoms with Crippen LogP contribution in [0.25, 0.3) is 0 Å². The Morgan fingerprint density at radius 3 is 2.92 bits per heavy atom. The maximum absolute atomic E-state index is 13.0. The zero-order valence-corrected chi connectivity index (χ0v) is 10.2. The van der Waals surface area contributed by atoms with Crippen molar-refractivity contribution in [2.24, 2.45) is 0 Å². The summed E-state index contributed by atoms with van der Waals surface area (Å²) in [6.07, 6.45) is 0.920. The molecule has 0 aromatic heterocycles. The van der Waals surface area contributed by atoms with Crippen LogP contribution in [0.15, 0.2) is 18.2 Å². The number of halogens is 2. The molecule has 0 heterocycles. The second kappa shape index (κ2) is 5.59. The molecule has 0 atom stereocenters. The minimum atomic E-state index is -0.225. The summed E-state index contributed by atoms with van der Waals surface area (Å²) in [5.41, 5.74) is 0. The van der Waals surface area contributed by atoms with Crippen molar-refractivity contribution in [1.82, 2.24) is 0 Å². The van der Waals surface area contributed by atoms with Gasteiger partial charge in [0.05, 0.1) is 10.2 Å². The molecule has 69 valence electrons. The highest BCUT2D eigenvalue weighted by atomic mass is 127. The van der Waals surface area contributed by atoms with Gasteiger partial charge in [0.2, 0.25) is 0 Å². The van der Waals surface area contributed by atoms with Crippen molar-refractivity contribution in [3.63, 3.8) is 0 Å². The summed E-state index contributed by atoms with van der Waals surface area (Å²) in [7, 11) is 3.34. The molecule has 1 nitrogen and oxygen atoms in total. The van der Waals surface area contributed by atoms with E-state index in [2.05, 4.69) is 10.2 Å². The van der Waals surface area contributed by atoms with Gasteiger partial charge in [0.15, 0.2) is 0 Å². The van der Waals surface area contributed by atoms with Crippen molar-refractivity contribution in [3.8, 4) is 5.75 Å². The fraction of sp³-hybridized carbons (Fsp3) is 0.333. The van der Waals surface area contributed by atoms with E-state index in [4.69, 9.17) is 4.74 Å². The van der Waals surface area contributed by atoms with Crippen molar-refractivity contribution >= 4 is 32.8 Å². The Balaban J connectivity index is 2.61. The highest BCUT2D eigenvalue weighted by Crippen LogP contribution is 2.23. The summed E-state index contributed by atoms with van der Waals surface area (Å²) in [6.45, 7) is 0.614. The lowest BCUT2D eigenvalue weighted by atomic mass is 10.3. The minimum absolute atomic E-state index is 0.225. The maximum Gasteiger partial charge on any atom is 0.140 e. The molecule has 0 saturated heterocycles. The highest BCUT2D eigenvalue weighted by Gasteiger charge is 2.04. The van der Waals surface area contributed by atoms with Gasteiger partial charge in [0.25, 0.3) is 0 Å². The van der Waals surface area contributed by atoms with Crippen LogP contribution in [-0.2, 0) is 0 Å². The van der Waals surface area contributed by atoms with Gasteiger partial charge in [-0.3, -0.25) is 0 Å². The number of hydrogen-bond acceptors (Lipinski definition) is 1. The van der Waals surface area contributed by atoms with E-state index in [0.717, 1.165) is 12.5 Å². The average Bonchev–Trinajstić information content (AvgIpc) is 2.13. The lowest BCUT2D eigenvalue weighted by molar-refractivity contribution is 0.313. The van der Waals surface area contributed by atoms with Crippen LogP contribution in [0, 0.1) is 9.39 Å². The van der Waals surface area contributed by atoms with Gasteiger partial charge in [0, 0.05) is 10.2 Å². The Kier molecular flexibility index (Phi) is 4.72. The first-order valence-corrected chi connectivity index (χ1v) is 5.75. The zero-order chi connectivity index (χ0) is 9.68. The molecule has 4 heteroatoms. The Hall–Kier alpha value is -0.103. The SMILES string of the molecule is Fc1cccc(OCCC[Si])c1I. The van der Waals surface area contributed by atoms with E-state index in [1.165, 1.54) is 6.07 Å². The lowest BCUT2D eigenvalue weighted by Crippen LogP contribution is -1.99. The first kappa shape index (κ1) is 11.0. The van der Waals surface area contributed by atoms with Crippen LogP contribution in [0.4, 0.5) is 4.39 Å². The normalized spacial score (nSPS) is 10.1. The molecule has 0 aliphatic carbocycles.